The van der Waals surface area contributed by atoms with Crippen molar-refractivity contribution < 1.29 is 19.2 Å². The van der Waals surface area contributed by atoms with Gasteiger partial charge < -0.3 is 49.2 Å². The lowest BCUT2D eigenvalue weighted by Gasteiger charge is -2.36. The van der Waals surface area contributed by atoms with Gasteiger partial charge in [0.1, 0.15) is 0 Å². The van der Waals surface area contributed by atoms with E-state index in [2.05, 4.69) is 11.5 Å². The van der Waals surface area contributed by atoms with Gasteiger partial charge in [-0.15, -0.1) is 0 Å². The molecule has 0 bridgehead atoms. The highest BCUT2D eigenvalue weighted by Crippen LogP contribution is 2.03. The van der Waals surface area contributed by atoms with Crippen LogP contribution in [0.4, 0.5) is 0 Å². The van der Waals surface area contributed by atoms with Crippen molar-refractivity contribution in [2.45, 2.75) is 0 Å². The van der Waals surface area contributed by atoms with Crippen LogP contribution in [0.25, 0.3) is 0 Å². The molecule has 0 aliphatic carbocycles. The van der Waals surface area contributed by atoms with E-state index in [1.54, 1.807) is 0 Å². The fraction of sp³-hybridized carbons (Fsp3) is 0. The van der Waals surface area contributed by atoms with Crippen LogP contribution in [0.3, 0.4) is 0 Å². The van der Waals surface area contributed by atoms with Crippen LogP contribution in [-0.2, 0) is 4.57 Å². The second-order valence-electron chi connectivity index (χ2n) is 0.903. The number of nitrogens with two attached hydrogens (primary N) is 2. The molecule has 0 aromatic heterocycles. The highest BCUT2D eigenvalue weighted by atomic mass is 31.2. The van der Waals surface area contributed by atoms with Crippen LogP contribution >= 0.6 is 7.82 Å². The molecular weight excluding hydrogens is 191 g/mol. The number of hydrogen-bond acceptors (Lipinski definition) is 5. The van der Waals surface area contributed by atoms with Crippen LogP contribution in [0.15, 0.2) is 0 Å². The highest BCUT2D eigenvalue weighted by Gasteiger charge is 1.52. The lowest BCUT2D eigenvalue weighted by Crippen LogP contribution is -2.24. The molecule has 0 aliphatic heterocycles. The zero-order chi connectivity index (χ0) is 8.08. The minimum atomic E-state index is -5.39. The summed E-state index contributed by atoms with van der Waals surface area (Å²) >= 11 is 0. The summed E-state index contributed by atoms with van der Waals surface area (Å²) in [4.78, 5) is 25.6. The van der Waals surface area contributed by atoms with E-state index in [0.29, 0.717) is 0 Å². The number of quaternary nitrogens is 3. The molecule has 0 radical (unpaired) electrons. The van der Waals surface area contributed by atoms with Gasteiger partial charge in [0.05, 0.1) is 0 Å². The van der Waals surface area contributed by atoms with E-state index in [0.717, 1.165) is 0 Å². The molecule has 0 aromatic rings. The van der Waals surface area contributed by atoms with Crippen molar-refractivity contribution >= 4 is 13.8 Å². The van der Waals surface area contributed by atoms with Crippen LogP contribution in [0.2, 0.25) is 0 Å². The summed E-state index contributed by atoms with van der Waals surface area (Å²) in [6.45, 7) is 0. The molecule has 0 heterocycles. The monoisotopic (exact) mass is 208 g/mol. The van der Waals surface area contributed by atoms with Crippen LogP contribution in [0, 0.1) is 5.41 Å². The van der Waals surface area contributed by atoms with Gasteiger partial charge in [-0.25, -0.2) is 0 Å². The molecule has 0 atom stereocenters. The SMILES string of the molecule is N=C(N)N.O=P([O-])([O-])[O-].[NH4+].[NH4+].[NH4+]. The van der Waals surface area contributed by atoms with E-state index >= 15 is 0 Å². The molecule has 0 saturated heterocycles. The third-order valence-corrected chi connectivity index (χ3v) is 0. The van der Waals surface area contributed by atoms with E-state index in [1.807, 2.05) is 0 Å². The molecule has 0 unspecified atom stereocenters. The molecule has 0 aromatic carbocycles. The number of hydrogen-bond donors (Lipinski definition) is 6. The first-order valence-corrected chi connectivity index (χ1v) is 3.02. The second kappa shape index (κ2) is 12.9. The fourth-order valence-corrected chi connectivity index (χ4v) is 0. The van der Waals surface area contributed by atoms with Crippen LogP contribution in [-0.4, -0.2) is 5.96 Å². The Morgan fingerprint density at radius 2 is 1.08 bits per heavy atom. The molecular formula is CH17N6O4P. The van der Waals surface area contributed by atoms with E-state index in [-0.39, 0.29) is 24.4 Å². The Kier molecular flexibility index (Phi) is 32.5. The van der Waals surface area contributed by atoms with Crippen molar-refractivity contribution in [3.8, 4) is 0 Å². The standard InChI is InChI=1S/CH5N3.3H3N.H3O4P/c2-1(3)4;;;;1-5(2,3)4/h(H5,2,3,4);3*1H3;(H3,1,2,3,4). The van der Waals surface area contributed by atoms with Crippen LogP contribution < -0.4 is 44.6 Å². The summed E-state index contributed by atoms with van der Waals surface area (Å²) in [5.41, 5.74) is 8.94. The molecule has 12 heavy (non-hydrogen) atoms. The fourth-order valence-electron chi connectivity index (χ4n) is 0. The lowest BCUT2D eigenvalue weighted by molar-refractivity contribution is -0.432. The average Bonchev–Trinajstić information content (AvgIpc) is 1.19. The predicted molar refractivity (Wildman–Crippen MR) is 41.7 cm³/mol. The van der Waals surface area contributed by atoms with E-state index in [1.165, 1.54) is 0 Å². The summed E-state index contributed by atoms with van der Waals surface area (Å²) in [7, 11) is -5.39. The van der Waals surface area contributed by atoms with Crippen molar-refractivity contribution in [2.24, 2.45) is 11.5 Å². The molecule has 0 saturated carbocycles. The third-order valence-electron chi connectivity index (χ3n) is 0. The van der Waals surface area contributed by atoms with Crippen LogP contribution in [0.5, 0.6) is 0 Å². The van der Waals surface area contributed by atoms with Crippen molar-refractivity contribution in [1.82, 2.24) is 18.5 Å². The summed E-state index contributed by atoms with van der Waals surface area (Å²) in [6, 6.07) is 0. The first-order chi connectivity index (χ1) is 3.73. The van der Waals surface area contributed by atoms with Gasteiger partial charge in [0, 0.05) is 0 Å². The molecule has 0 fully saturated rings. The summed E-state index contributed by atoms with van der Waals surface area (Å²) in [5, 5.41) is 6.06. The minimum Gasteiger partial charge on any atom is -0.822 e. The topological polar surface area (TPSA) is 272 Å². The van der Waals surface area contributed by atoms with Gasteiger partial charge in [-0.3, -0.25) is 5.41 Å². The van der Waals surface area contributed by atoms with Crippen LogP contribution in [0.1, 0.15) is 0 Å². The van der Waals surface area contributed by atoms with Crippen molar-refractivity contribution in [1.29, 1.82) is 5.41 Å². The largest absolute Gasteiger partial charge is 0.822 e. The first kappa shape index (κ1) is 30.2. The van der Waals surface area contributed by atoms with Gasteiger partial charge in [-0.05, 0) is 0 Å². The predicted octanol–water partition coefficient (Wildman–Crippen LogP) is -2.86. The highest BCUT2D eigenvalue weighted by molar-refractivity contribution is 7.40. The normalized spacial score (nSPS) is 6.92. The summed E-state index contributed by atoms with van der Waals surface area (Å²) in [5.74, 6) is -0.333. The van der Waals surface area contributed by atoms with Gasteiger partial charge in [-0.2, -0.15) is 7.82 Å². The Bertz CT molecular complexity index is 119. The number of nitrogens with one attached hydrogen (secondary N) is 1. The molecule has 0 rings (SSSR count). The Morgan fingerprint density at radius 3 is 1.08 bits per heavy atom. The molecule has 17 N–H and O–H groups in total. The van der Waals surface area contributed by atoms with Crippen molar-refractivity contribution in [2.75, 3.05) is 0 Å². The quantitative estimate of drug-likeness (QED) is 0.138. The minimum absolute atomic E-state index is 0. The van der Waals surface area contributed by atoms with E-state index < -0.39 is 7.82 Å². The molecule has 80 valence electrons. The maximum absolute atomic E-state index is 8.55. The first-order valence-electron chi connectivity index (χ1n) is 1.56. The Morgan fingerprint density at radius 1 is 1.08 bits per heavy atom. The molecule has 0 spiro atoms. The summed E-state index contributed by atoms with van der Waals surface area (Å²) in [6.07, 6.45) is 0. The lowest BCUT2D eigenvalue weighted by atomic mass is 11.1. The zero-order valence-electron chi connectivity index (χ0n) is 7.23. The maximum Gasteiger partial charge on any atom is 0.183 e. The van der Waals surface area contributed by atoms with Gasteiger partial charge >= 0.3 is 0 Å². The Balaban J connectivity index is -0.0000000221. The smallest absolute Gasteiger partial charge is 0.183 e. The second-order valence-corrected chi connectivity index (χ2v) is 1.80. The van der Waals surface area contributed by atoms with Crippen molar-refractivity contribution in [3.63, 3.8) is 0 Å². The third kappa shape index (κ3) is 1150. The Hall–Kier alpha value is -0.740. The van der Waals surface area contributed by atoms with Crippen molar-refractivity contribution in [3.05, 3.63) is 0 Å². The Labute approximate surface area is 69.4 Å². The number of rotatable bonds is 0. The van der Waals surface area contributed by atoms with Gasteiger partial charge in [0.2, 0.25) is 0 Å². The zero-order valence-corrected chi connectivity index (χ0v) is 8.13. The van der Waals surface area contributed by atoms with E-state index in [4.69, 9.17) is 24.7 Å². The molecule has 10 nitrogen and oxygen atoms in total. The summed E-state index contributed by atoms with van der Waals surface area (Å²) < 4.78 is 8.55. The molecule has 0 amide bonds. The molecule has 11 heteroatoms. The van der Waals surface area contributed by atoms with Gasteiger partial charge in [-0.1, -0.05) is 0 Å². The number of phosphoric acid groups is 1. The average molecular weight is 208 g/mol. The van der Waals surface area contributed by atoms with Gasteiger partial charge in [0.25, 0.3) is 0 Å². The number of guanidine groups is 1. The van der Waals surface area contributed by atoms with E-state index in [9.17, 15) is 0 Å². The van der Waals surface area contributed by atoms with Gasteiger partial charge in [0.15, 0.2) is 5.96 Å². The molecule has 0 aliphatic rings. The maximum atomic E-state index is 8.55.